The summed E-state index contributed by atoms with van der Waals surface area (Å²) in [5, 5.41) is 15.3. The number of amides is 1. The van der Waals surface area contributed by atoms with E-state index in [0.717, 1.165) is 35.3 Å². The topological polar surface area (TPSA) is 94.8 Å². The van der Waals surface area contributed by atoms with Crippen molar-refractivity contribution in [3.8, 4) is 17.4 Å². The molecule has 8 nitrogen and oxygen atoms in total. The largest absolute Gasteiger partial charge is 0.438 e. The number of alkyl halides is 3. The van der Waals surface area contributed by atoms with Crippen molar-refractivity contribution in [2.75, 3.05) is 5.32 Å². The van der Waals surface area contributed by atoms with Crippen LogP contribution in [0.3, 0.4) is 0 Å². The molecule has 0 atom stereocenters. The van der Waals surface area contributed by atoms with Crippen LogP contribution in [-0.2, 0) is 6.18 Å². The van der Waals surface area contributed by atoms with Gasteiger partial charge in [0, 0.05) is 23.6 Å². The number of ether oxygens (including phenoxy) is 1. The SMILES string of the molecule is Cc1nn(-c2ccc(Oc3ccc(NC(=O)c4ccc(C(F)(F)F)nc4)cc3)nn2)c(C)c1C. The van der Waals surface area contributed by atoms with Crippen molar-refractivity contribution < 1.29 is 22.7 Å². The quantitative estimate of drug-likeness (QED) is 0.441. The second-order valence-corrected chi connectivity index (χ2v) is 7.45. The molecule has 0 saturated carbocycles. The van der Waals surface area contributed by atoms with E-state index in [-0.39, 0.29) is 11.4 Å². The molecule has 1 amide bonds. The lowest BCUT2D eigenvalue weighted by molar-refractivity contribution is -0.141. The molecule has 34 heavy (non-hydrogen) atoms. The van der Waals surface area contributed by atoms with E-state index in [2.05, 4.69) is 25.6 Å². The third-order valence-electron chi connectivity index (χ3n) is 5.15. The minimum Gasteiger partial charge on any atom is -0.438 e. The number of aromatic nitrogens is 5. The zero-order valence-corrected chi connectivity index (χ0v) is 18.4. The molecule has 3 heterocycles. The van der Waals surface area contributed by atoms with Gasteiger partial charge in [0.25, 0.3) is 5.91 Å². The molecule has 4 rings (SSSR count). The number of carbonyl (C=O) groups is 1. The summed E-state index contributed by atoms with van der Waals surface area (Å²) in [7, 11) is 0. The summed E-state index contributed by atoms with van der Waals surface area (Å²) >= 11 is 0. The summed E-state index contributed by atoms with van der Waals surface area (Å²) in [6, 6.07) is 11.6. The first-order valence-corrected chi connectivity index (χ1v) is 10.1. The van der Waals surface area contributed by atoms with Crippen LogP contribution >= 0.6 is 0 Å². The third-order valence-corrected chi connectivity index (χ3v) is 5.15. The van der Waals surface area contributed by atoms with Gasteiger partial charge < -0.3 is 10.1 Å². The van der Waals surface area contributed by atoms with Gasteiger partial charge in [0.05, 0.1) is 11.3 Å². The summed E-state index contributed by atoms with van der Waals surface area (Å²) < 4.78 is 45.2. The van der Waals surface area contributed by atoms with Gasteiger partial charge in [0.1, 0.15) is 11.4 Å². The van der Waals surface area contributed by atoms with Gasteiger partial charge in [-0.25, -0.2) is 4.68 Å². The lowest BCUT2D eigenvalue weighted by atomic mass is 10.2. The molecule has 3 aromatic heterocycles. The Hall–Kier alpha value is -4.28. The zero-order valence-electron chi connectivity index (χ0n) is 18.4. The maximum atomic E-state index is 12.6. The number of pyridine rings is 1. The van der Waals surface area contributed by atoms with Crippen molar-refractivity contribution in [2.24, 2.45) is 0 Å². The van der Waals surface area contributed by atoms with E-state index >= 15 is 0 Å². The third kappa shape index (κ3) is 4.87. The molecule has 0 aliphatic carbocycles. The number of rotatable bonds is 5. The molecule has 4 aromatic rings. The minimum absolute atomic E-state index is 0.00139. The van der Waals surface area contributed by atoms with Gasteiger partial charge in [-0.05, 0) is 68.8 Å². The molecule has 0 radical (unpaired) electrons. The Balaban J connectivity index is 1.39. The molecule has 0 aliphatic rings. The Morgan fingerprint density at radius 1 is 0.971 bits per heavy atom. The zero-order chi connectivity index (χ0) is 24.5. The van der Waals surface area contributed by atoms with E-state index in [9.17, 15) is 18.0 Å². The first-order valence-electron chi connectivity index (χ1n) is 10.1. The highest BCUT2D eigenvalue weighted by atomic mass is 19.4. The standard InChI is InChI=1S/C23H19F3N6O2/c1-13-14(2)31-32(15(13)3)20-10-11-21(30-29-20)34-18-7-5-17(6-8-18)28-22(33)16-4-9-19(27-12-16)23(24,25)26/h4-12H,1-3H3,(H,28,33). The van der Waals surface area contributed by atoms with Crippen LogP contribution in [0, 0.1) is 20.8 Å². The van der Waals surface area contributed by atoms with Gasteiger partial charge in [0.2, 0.25) is 5.88 Å². The maximum Gasteiger partial charge on any atom is 0.433 e. The number of carbonyl (C=O) groups excluding carboxylic acids is 1. The van der Waals surface area contributed by atoms with Gasteiger partial charge in [0.15, 0.2) is 5.82 Å². The van der Waals surface area contributed by atoms with Crippen molar-refractivity contribution in [1.82, 2.24) is 25.0 Å². The highest BCUT2D eigenvalue weighted by Crippen LogP contribution is 2.27. The number of nitrogens with one attached hydrogen (secondary N) is 1. The second kappa shape index (κ2) is 8.93. The van der Waals surface area contributed by atoms with Crippen molar-refractivity contribution in [3.05, 3.63) is 82.9 Å². The normalized spacial score (nSPS) is 11.4. The molecular formula is C23H19F3N6O2. The number of aryl methyl sites for hydroxylation is 1. The molecular weight excluding hydrogens is 449 g/mol. The minimum atomic E-state index is -4.56. The van der Waals surface area contributed by atoms with Crippen LogP contribution in [0.1, 0.15) is 33.0 Å². The molecule has 174 valence electrons. The summed E-state index contributed by atoms with van der Waals surface area (Å²) in [6.07, 6.45) is -3.68. The van der Waals surface area contributed by atoms with Crippen LogP contribution in [-0.4, -0.2) is 30.9 Å². The van der Waals surface area contributed by atoms with E-state index < -0.39 is 17.8 Å². The number of hydrogen-bond acceptors (Lipinski definition) is 6. The van der Waals surface area contributed by atoms with Crippen molar-refractivity contribution in [3.63, 3.8) is 0 Å². The van der Waals surface area contributed by atoms with Crippen LogP contribution < -0.4 is 10.1 Å². The summed E-state index contributed by atoms with van der Waals surface area (Å²) in [5.41, 5.74) is 2.35. The average molecular weight is 468 g/mol. The Morgan fingerprint density at radius 2 is 1.71 bits per heavy atom. The monoisotopic (exact) mass is 468 g/mol. The fraction of sp³-hybridized carbons (Fsp3) is 0.174. The lowest BCUT2D eigenvalue weighted by Gasteiger charge is -2.09. The van der Waals surface area contributed by atoms with Gasteiger partial charge in [-0.2, -0.15) is 18.3 Å². The Bertz CT molecular complexity index is 1320. The smallest absolute Gasteiger partial charge is 0.433 e. The molecule has 1 N–H and O–H groups in total. The second-order valence-electron chi connectivity index (χ2n) is 7.45. The molecule has 0 aliphatic heterocycles. The maximum absolute atomic E-state index is 12.6. The molecule has 11 heteroatoms. The molecule has 0 saturated heterocycles. The van der Waals surface area contributed by atoms with Crippen LogP contribution in [0.2, 0.25) is 0 Å². The fourth-order valence-corrected chi connectivity index (χ4v) is 3.05. The fourth-order valence-electron chi connectivity index (χ4n) is 3.05. The molecule has 1 aromatic carbocycles. The highest BCUT2D eigenvalue weighted by molar-refractivity contribution is 6.04. The van der Waals surface area contributed by atoms with Crippen LogP contribution in [0.5, 0.6) is 11.6 Å². The number of nitrogens with zero attached hydrogens (tertiary/aromatic N) is 5. The first-order chi connectivity index (χ1) is 16.1. The van der Waals surface area contributed by atoms with Gasteiger partial charge in [-0.15, -0.1) is 10.2 Å². The Labute approximate surface area is 192 Å². The summed E-state index contributed by atoms with van der Waals surface area (Å²) in [5.74, 6) is 0.709. The number of anilines is 1. The number of hydrogen-bond donors (Lipinski definition) is 1. The Kier molecular flexibility index (Phi) is 6.01. The summed E-state index contributed by atoms with van der Waals surface area (Å²) in [4.78, 5) is 15.5. The predicted molar refractivity (Wildman–Crippen MR) is 117 cm³/mol. The predicted octanol–water partition coefficient (Wildman–Crippen LogP) is 5.05. The molecule has 0 unspecified atom stereocenters. The Morgan fingerprint density at radius 3 is 2.24 bits per heavy atom. The van der Waals surface area contributed by atoms with Crippen molar-refractivity contribution in [1.29, 1.82) is 0 Å². The highest BCUT2D eigenvalue weighted by Gasteiger charge is 2.32. The molecule has 0 spiro atoms. The molecule has 0 fully saturated rings. The van der Waals surface area contributed by atoms with Crippen molar-refractivity contribution in [2.45, 2.75) is 26.9 Å². The van der Waals surface area contributed by atoms with Gasteiger partial charge >= 0.3 is 6.18 Å². The number of halogens is 3. The van der Waals surface area contributed by atoms with Crippen molar-refractivity contribution >= 4 is 11.6 Å². The van der Waals surface area contributed by atoms with Crippen LogP contribution in [0.25, 0.3) is 5.82 Å². The lowest BCUT2D eigenvalue weighted by Crippen LogP contribution is -2.14. The first kappa shape index (κ1) is 22.9. The van der Waals surface area contributed by atoms with E-state index in [1.54, 1.807) is 41.1 Å². The molecule has 0 bridgehead atoms. The number of benzene rings is 1. The van der Waals surface area contributed by atoms with Crippen LogP contribution in [0.4, 0.5) is 18.9 Å². The summed E-state index contributed by atoms with van der Waals surface area (Å²) in [6.45, 7) is 5.87. The van der Waals surface area contributed by atoms with Gasteiger partial charge in [-0.3, -0.25) is 9.78 Å². The van der Waals surface area contributed by atoms with E-state index in [0.29, 0.717) is 17.3 Å². The van der Waals surface area contributed by atoms with E-state index in [4.69, 9.17) is 4.74 Å². The van der Waals surface area contributed by atoms with E-state index in [1.165, 1.54) is 0 Å². The van der Waals surface area contributed by atoms with Gasteiger partial charge in [-0.1, -0.05) is 0 Å². The van der Waals surface area contributed by atoms with E-state index in [1.807, 2.05) is 20.8 Å². The van der Waals surface area contributed by atoms with Crippen LogP contribution in [0.15, 0.2) is 54.7 Å². The average Bonchev–Trinajstić information content (AvgIpc) is 3.07.